The van der Waals surface area contributed by atoms with Gasteiger partial charge in [0.2, 0.25) is 10.0 Å². The first-order valence-corrected chi connectivity index (χ1v) is 7.69. The van der Waals surface area contributed by atoms with E-state index in [0.29, 0.717) is 30.7 Å². The number of nitrogens with one attached hydrogen (secondary N) is 1. The third-order valence-electron chi connectivity index (χ3n) is 3.09. The van der Waals surface area contributed by atoms with Gasteiger partial charge in [0.25, 0.3) is 0 Å². The summed E-state index contributed by atoms with van der Waals surface area (Å²) in [7, 11) is -1.09. The first kappa shape index (κ1) is 17.2. The van der Waals surface area contributed by atoms with Crippen LogP contribution in [0.5, 0.6) is 0 Å². The summed E-state index contributed by atoms with van der Waals surface area (Å²) in [6.45, 7) is 6.43. The normalized spacial score (nSPS) is 21.8. The van der Waals surface area contributed by atoms with Gasteiger partial charge in [0.15, 0.2) is 0 Å². The molecule has 6 heteroatoms. The van der Waals surface area contributed by atoms with E-state index in [1.807, 2.05) is 7.05 Å². The molecule has 1 aliphatic heterocycles. The van der Waals surface area contributed by atoms with Crippen molar-refractivity contribution in [3.63, 3.8) is 0 Å². The molecule has 1 atom stereocenters. The highest BCUT2D eigenvalue weighted by Gasteiger charge is 2.30. The van der Waals surface area contributed by atoms with Gasteiger partial charge in [0.1, 0.15) is 0 Å². The largest absolute Gasteiger partial charge is 0.319 e. The molecule has 1 aliphatic rings. The molecule has 1 N–H and O–H groups in total. The van der Waals surface area contributed by atoms with Crippen LogP contribution >= 0.6 is 12.4 Å². The van der Waals surface area contributed by atoms with E-state index in [4.69, 9.17) is 0 Å². The molecule has 0 saturated carbocycles. The van der Waals surface area contributed by atoms with Crippen LogP contribution in [0.1, 0.15) is 26.7 Å². The molecule has 104 valence electrons. The Hall–Kier alpha value is 0.160. The number of rotatable bonds is 6. The van der Waals surface area contributed by atoms with Crippen molar-refractivity contribution in [2.24, 2.45) is 11.8 Å². The second kappa shape index (κ2) is 7.56. The highest BCUT2D eigenvalue weighted by molar-refractivity contribution is 7.89. The highest BCUT2D eigenvalue weighted by Crippen LogP contribution is 2.20. The lowest BCUT2D eigenvalue weighted by molar-refractivity contribution is 0.447. The topological polar surface area (TPSA) is 49.4 Å². The average Bonchev–Trinajstić information content (AvgIpc) is 2.65. The molecular weight excluding hydrogens is 260 g/mol. The smallest absolute Gasteiger partial charge is 0.214 e. The number of halogens is 1. The van der Waals surface area contributed by atoms with Crippen molar-refractivity contribution in [1.29, 1.82) is 0 Å². The number of hydrogen-bond donors (Lipinski definition) is 1. The van der Waals surface area contributed by atoms with Crippen LogP contribution < -0.4 is 5.32 Å². The second-order valence-corrected chi connectivity index (χ2v) is 7.16. The van der Waals surface area contributed by atoms with Crippen molar-refractivity contribution in [3.8, 4) is 0 Å². The third-order valence-corrected chi connectivity index (χ3v) is 4.96. The molecule has 0 amide bonds. The van der Waals surface area contributed by atoms with Crippen molar-refractivity contribution >= 4 is 22.4 Å². The van der Waals surface area contributed by atoms with Gasteiger partial charge in [0.05, 0.1) is 5.75 Å². The van der Waals surface area contributed by atoms with E-state index < -0.39 is 10.0 Å². The molecule has 0 aliphatic carbocycles. The molecule has 17 heavy (non-hydrogen) atoms. The van der Waals surface area contributed by atoms with E-state index in [1.54, 1.807) is 4.31 Å². The Balaban J connectivity index is 0.00000256. The van der Waals surface area contributed by atoms with Crippen molar-refractivity contribution < 1.29 is 8.42 Å². The van der Waals surface area contributed by atoms with E-state index >= 15 is 0 Å². The maximum atomic E-state index is 12.0. The fourth-order valence-corrected chi connectivity index (χ4v) is 3.87. The van der Waals surface area contributed by atoms with E-state index in [1.165, 1.54) is 0 Å². The molecule has 1 fully saturated rings. The quantitative estimate of drug-likeness (QED) is 0.800. The Labute approximate surface area is 112 Å². The lowest BCUT2D eigenvalue weighted by Gasteiger charge is -2.17. The van der Waals surface area contributed by atoms with Crippen LogP contribution in [0, 0.1) is 11.8 Å². The summed E-state index contributed by atoms with van der Waals surface area (Å²) in [6.07, 6.45) is 1.75. The molecular formula is C11H25ClN2O2S. The third kappa shape index (κ3) is 5.55. The molecule has 0 spiro atoms. The predicted molar refractivity (Wildman–Crippen MR) is 74.1 cm³/mol. The van der Waals surface area contributed by atoms with Crippen molar-refractivity contribution in [3.05, 3.63) is 0 Å². The van der Waals surface area contributed by atoms with Crippen LogP contribution in [0.15, 0.2) is 0 Å². The van der Waals surface area contributed by atoms with Crippen LogP contribution in [-0.4, -0.2) is 45.2 Å². The second-order valence-electron chi connectivity index (χ2n) is 5.07. The maximum Gasteiger partial charge on any atom is 0.214 e. The Morgan fingerprint density at radius 2 is 2.06 bits per heavy atom. The lowest BCUT2D eigenvalue weighted by Crippen LogP contribution is -2.32. The van der Waals surface area contributed by atoms with E-state index in [0.717, 1.165) is 19.4 Å². The molecule has 0 aromatic heterocycles. The molecule has 0 aromatic carbocycles. The summed E-state index contributed by atoms with van der Waals surface area (Å²) in [5.41, 5.74) is 0. The molecule has 0 radical (unpaired) electrons. The van der Waals surface area contributed by atoms with Crippen LogP contribution in [0.2, 0.25) is 0 Å². The van der Waals surface area contributed by atoms with Gasteiger partial charge in [-0.05, 0) is 38.3 Å². The summed E-state index contributed by atoms with van der Waals surface area (Å²) in [6, 6.07) is 0. The fraction of sp³-hybridized carbons (Fsp3) is 1.00. The summed E-state index contributed by atoms with van der Waals surface area (Å²) < 4.78 is 25.6. The maximum absolute atomic E-state index is 12.0. The van der Waals surface area contributed by atoms with Gasteiger partial charge < -0.3 is 5.32 Å². The van der Waals surface area contributed by atoms with Gasteiger partial charge in [-0.1, -0.05) is 13.8 Å². The number of nitrogens with zero attached hydrogens (tertiary/aromatic N) is 1. The SMILES string of the molecule is CNCC1CCN(S(=O)(=O)CCC(C)C)C1.Cl. The Morgan fingerprint density at radius 1 is 1.41 bits per heavy atom. The molecule has 0 aromatic rings. The average molecular weight is 285 g/mol. The predicted octanol–water partition coefficient (Wildman–Crippen LogP) is 1.33. The minimum absolute atomic E-state index is 0. The van der Waals surface area contributed by atoms with Gasteiger partial charge >= 0.3 is 0 Å². The molecule has 1 rings (SSSR count). The number of hydrogen-bond acceptors (Lipinski definition) is 3. The minimum atomic E-state index is -3.00. The summed E-state index contributed by atoms with van der Waals surface area (Å²) in [5, 5.41) is 3.11. The number of sulfonamides is 1. The molecule has 0 bridgehead atoms. The van der Waals surface area contributed by atoms with Gasteiger partial charge in [-0.15, -0.1) is 12.4 Å². The molecule has 4 nitrogen and oxygen atoms in total. The van der Waals surface area contributed by atoms with Gasteiger partial charge in [-0.25, -0.2) is 12.7 Å². The molecule has 1 heterocycles. The first-order valence-electron chi connectivity index (χ1n) is 6.08. The standard InChI is InChI=1S/C11H24N2O2S.ClH/c1-10(2)5-7-16(14,15)13-6-4-11(9-13)8-12-3;/h10-12H,4-9H2,1-3H3;1H. The minimum Gasteiger partial charge on any atom is -0.319 e. The highest BCUT2D eigenvalue weighted by atomic mass is 35.5. The van der Waals surface area contributed by atoms with Crippen LogP contribution in [0.25, 0.3) is 0 Å². The fourth-order valence-electron chi connectivity index (χ4n) is 2.02. The van der Waals surface area contributed by atoms with Crippen molar-refractivity contribution in [1.82, 2.24) is 9.62 Å². The zero-order valence-corrected chi connectivity index (χ0v) is 12.6. The summed E-state index contributed by atoms with van der Waals surface area (Å²) in [4.78, 5) is 0. The molecule has 1 saturated heterocycles. The van der Waals surface area contributed by atoms with Crippen LogP contribution in [0.4, 0.5) is 0 Å². The zero-order valence-electron chi connectivity index (χ0n) is 11.0. The van der Waals surface area contributed by atoms with E-state index in [9.17, 15) is 8.42 Å². The summed E-state index contributed by atoms with van der Waals surface area (Å²) >= 11 is 0. The van der Waals surface area contributed by atoms with Crippen molar-refractivity contribution in [2.45, 2.75) is 26.7 Å². The Bertz CT molecular complexity index is 307. The van der Waals surface area contributed by atoms with Crippen molar-refractivity contribution in [2.75, 3.05) is 32.4 Å². The summed E-state index contributed by atoms with van der Waals surface area (Å²) in [5.74, 6) is 1.24. The van der Waals surface area contributed by atoms with Crippen LogP contribution in [0.3, 0.4) is 0 Å². The lowest BCUT2D eigenvalue weighted by atomic mass is 10.1. The van der Waals surface area contributed by atoms with Crippen LogP contribution in [-0.2, 0) is 10.0 Å². The Morgan fingerprint density at radius 3 is 2.59 bits per heavy atom. The zero-order chi connectivity index (χ0) is 12.2. The van der Waals surface area contributed by atoms with E-state index in [-0.39, 0.29) is 12.4 Å². The van der Waals surface area contributed by atoms with Gasteiger partial charge in [-0.3, -0.25) is 0 Å². The van der Waals surface area contributed by atoms with Gasteiger partial charge in [0, 0.05) is 13.1 Å². The molecule has 1 unspecified atom stereocenters. The monoisotopic (exact) mass is 284 g/mol. The first-order chi connectivity index (χ1) is 7.45. The van der Waals surface area contributed by atoms with Gasteiger partial charge in [-0.2, -0.15) is 0 Å². The van der Waals surface area contributed by atoms with E-state index in [2.05, 4.69) is 19.2 Å². The Kier molecular flexibility index (Phi) is 7.63.